The second-order valence-electron chi connectivity index (χ2n) is 5.84. The molecule has 0 spiro atoms. The fourth-order valence-corrected chi connectivity index (χ4v) is 3.46. The molecule has 0 heterocycles. The quantitative estimate of drug-likeness (QED) is 0.647. The predicted molar refractivity (Wildman–Crippen MR) is 101 cm³/mol. The van der Waals surface area contributed by atoms with E-state index < -0.39 is 0 Å². The van der Waals surface area contributed by atoms with Crippen molar-refractivity contribution in [2.24, 2.45) is 0 Å². The van der Waals surface area contributed by atoms with Crippen molar-refractivity contribution in [1.29, 1.82) is 0 Å². The van der Waals surface area contributed by atoms with E-state index in [1.165, 1.54) is 0 Å². The van der Waals surface area contributed by atoms with Crippen molar-refractivity contribution in [2.75, 3.05) is 27.4 Å². The summed E-state index contributed by atoms with van der Waals surface area (Å²) >= 11 is 3.43. The molecule has 1 aromatic rings. The first-order valence-corrected chi connectivity index (χ1v) is 9.38. The smallest absolute Gasteiger partial charge is 0.334 e. The van der Waals surface area contributed by atoms with E-state index in [0.29, 0.717) is 49.3 Å². The van der Waals surface area contributed by atoms with Crippen LogP contribution in [0.5, 0.6) is 11.5 Å². The first-order chi connectivity index (χ1) is 12.5. The van der Waals surface area contributed by atoms with Crippen LogP contribution >= 0.6 is 15.9 Å². The van der Waals surface area contributed by atoms with Gasteiger partial charge < -0.3 is 19.5 Å². The van der Waals surface area contributed by atoms with E-state index in [0.717, 1.165) is 22.2 Å². The highest BCUT2D eigenvalue weighted by Gasteiger charge is 2.26. The first-order valence-electron chi connectivity index (χ1n) is 8.59. The largest absolute Gasteiger partial charge is 0.496 e. The molecule has 0 aliphatic heterocycles. The van der Waals surface area contributed by atoms with Crippen LogP contribution in [0.25, 0.3) is 0 Å². The average molecular weight is 426 g/mol. The molecule has 1 aliphatic carbocycles. The zero-order valence-corrected chi connectivity index (χ0v) is 16.9. The van der Waals surface area contributed by atoms with Gasteiger partial charge in [0.2, 0.25) is 5.91 Å². The van der Waals surface area contributed by atoms with E-state index in [-0.39, 0.29) is 11.9 Å². The lowest BCUT2D eigenvalue weighted by atomic mass is 10.1. The summed E-state index contributed by atoms with van der Waals surface area (Å²) in [4.78, 5) is 24.4. The van der Waals surface area contributed by atoms with Gasteiger partial charge in [-0.05, 0) is 66.2 Å². The predicted octanol–water partition coefficient (Wildman–Crippen LogP) is 3.17. The molecule has 0 saturated heterocycles. The summed E-state index contributed by atoms with van der Waals surface area (Å²) in [5.74, 6) is 0.845. The molecule has 0 fully saturated rings. The maximum Gasteiger partial charge on any atom is 0.334 e. The highest BCUT2D eigenvalue weighted by Crippen LogP contribution is 2.33. The van der Waals surface area contributed by atoms with E-state index >= 15 is 0 Å². The van der Waals surface area contributed by atoms with Gasteiger partial charge in [-0.2, -0.15) is 0 Å². The number of carbonyl (C=O) groups is 2. The molecule has 1 aromatic carbocycles. The average Bonchev–Trinajstić information content (AvgIpc) is 3.12. The zero-order valence-electron chi connectivity index (χ0n) is 15.3. The number of rotatable bonds is 8. The number of halogens is 1. The van der Waals surface area contributed by atoms with Crippen LogP contribution in [0.3, 0.4) is 0 Å². The summed E-state index contributed by atoms with van der Waals surface area (Å²) in [6.45, 7) is 2.50. The lowest BCUT2D eigenvalue weighted by Crippen LogP contribution is -2.28. The molecular weight excluding hydrogens is 402 g/mol. The number of methoxy groups -OCH3 is 2. The number of amides is 1. The summed E-state index contributed by atoms with van der Waals surface area (Å²) in [5.41, 5.74) is 1.98. The van der Waals surface area contributed by atoms with Gasteiger partial charge >= 0.3 is 5.97 Å². The van der Waals surface area contributed by atoms with Crippen LogP contribution in [-0.2, 0) is 20.7 Å². The number of ether oxygens (including phenoxy) is 3. The molecule has 26 heavy (non-hydrogen) atoms. The second kappa shape index (κ2) is 9.62. The molecule has 1 aliphatic rings. The summed E-state index contributed by atoms with van der Waals surface area (Å²) in [5, 5.41) is 2.89. The lowest BCUT2D eigenvalue weighted by molar-refractivity contribution is -0.139. The molecule has 0 unspecified atom stereocenters. The highest BCUT2D eigenvalue weighted by molar-refractivity contribution is 9.10. The molecule has 142 valence electrons. The Kier molecular flexibility index (Phi) is 7.50. The van der Waals surface area contributed by atoms with Gasteiger partial charge in [-0.25, -0.2) is 4.79 Å². The van der Waals surface area contributed by atoms with Gasteiger partial charge in [-0.15, -0.1) is 0 Å². The van der Waals surface area contributed by atoms with Crippen molar-refractivity contribution in [2.45, 2.75) is 32.6 Å². The van der Waals surface area contributed by atoms with Gasteiger partial charge in [0, 0.05) is 17.7 Å². The van der Waals surface area contributed by atoms with Gasteiger partial charge in [-0.1, -0.05) is 0 Å². The van der Waals surface area contributed by atoms with Crippen LogP contribution in [0.1, 0.15) is 31.7 Å². The number of hydrogen-bond donors (Lipinski definition) is 1. The van der Waals surface area contributed by atoms with Crippen LogP contribution in [0.2, 0.25) is 0 Å². The third kappa shape index (κ3) is 4.78. The molecule has 6 nitrogen and oxygen atoms in total. The van der Waals surface area contributed by atoms with Crippen LogP contribution in [0, 0.1) is 0 Å². The molecule has 0 bridgehead atoms. The summed E-state index contributed by atoms with van der Waals surface area (Å²) in [6, 6.07) is 3.72. The molecule has 0 aromatic heterocycles. The Hall–Kier alpha value is -2.02. The molecule has 0 radical (unpaired) electrons. The van der Waals surface area contributed by atoms with Crippen molar-refractivity contribution < 1.29 is 23.8 Å². The number of nitrogens with one attached hydrogen (secondary N) is 1. The lowest BCUT2D eigenvalue weighted by Gasteiger charge is -2.13. The SMILES string of the molecule is CCOC(=O)C1=C(C(=O)NCCc2cc(OC)c(Br)cc2OC)CCC1. The highest BCUT2D eigenvalue weighted by atomic mass is 79.9. The first kappa shape index (κ1) is 20.3. The Labute approximate surface area is 162 Å². The Morgan fingerprint density at radius 3 is 2.46 bits per heavy atom. The minimum absolute atomic E-state index is 0.200. The normalized spacial score (nSPS) is 13.5. The molecular formula is C19H24BrNO5. The fraction of sp³-hybridized carbons (Fsp3) is 0.474. The molecule has 0 atom stereocenters. The van der Waals surface area contributed by atoms with Crippen molar-refractivity contribution in [1.82, 2.24) is 5.32 Å². The van der Waals surface area contributed by atoms with Gasteiger partial charge in [0.15, 0.2) is 0 Å². The standard InChI is InChI=1S/C19H24BrNO5/c1-4-26-19(23)14-7-5-6-13(14)18(22)21-9-8-12-10-17(25-3)15(20)11-16(12)24-2/h10-11H,4-9H2,1-3H3,(H,21,22). The molecule has 1 N–H and O–H groups in total. The minimum Gasteiger partial charge on any atom is -0.496 e. The monoisotopic (exact) mass is 425 g/mol. The Morgan fingerprint density at radius 2 is 1.81 bits per heavy atom. The van der Waals surface area contributed by atoms with E-state index in [2.05, 4.69) is 21.2 Å². The van der Waals surface area contributed by atoms with Gasteiger partial charge in [0.25, 0.3) is 0 Å². The summed E-state index contributed by atoms with van der Waals surface area (Å²) in [7, 11) is 3.20. The fourth-order valence-electron chi connectivity index (χ4n) is 2.97. The molecule has 2 rings (SSSR count). The maximum absolute atomic E-state index is 12.4. The maximum atomic E-state index is 12.4. The van der Waals surface area contributed by atoms with E-state index in [9.17, 15) is 9.59 Å². The van der Waals surface area contributed by atoms with Crippen LogP contribution in [0.15, 0.2) is 27.8 Å². The van der Waals surface area contributed by atoms with E-state index in [1.54, 1.807) is 21.1 Å². The number of benzene rings is 1. The van der Waals surface area contributed by atoms with Crippen molar-refractivity contribution >= 4 is 27.8 Å². The van der Waals surface area contributed by atoms with Crippen LogP contribution in [-0.4, -0.2) is 39.2 Å². The van der Waals surface area contributed by atoms with Crippen molar-refractivity contribution in [3.63, 3.8) is 0 Å². The number of hydrogen-bond acceptors (Lipinski definition) is 5. The Bertz CT molecular complexity index is 714. The van der Waals surface area contributed by atoms with E-state index in [4.69, 9.17) is 14.2 Å². The second-order valence-corrected chi connectivity index (χ2v) is 6.69. The van der Waals surface area contributed by atoms with E-state index in [1.807, 2.05) is 12.1 Å². The van der Waals surface area contributed by atoms with Crippen LogP contribution < -0.4 is 14.8 Å². The molecule has 0 saturated carbocycles. The van der Waals surface area contributed by atoms with Gasteiger partial charge in [-0.3, -0.25) is 4.79 Å². The summed E-state index contributed by atoms with van der Waals surface area (Å²) < 4.78 is 16.5. The Morgan fingerprint density at radius 1 is 1.12 bits per heavy atom. The van der Waals surface area contributed by atoms with Gasteiger partial charge in [0.05, 0.1) is 25.3 Å². The van der Waals surface area contributed by atoms with Crippen molar-refractivity contribution in [3.05, 3.63) is 33.3 Å². The molecule has 1 amide bonds. The number of esters is 1. The third-order valence-corrected chi connectivity index (χ3v) is 4.87. The number of carbonyl (C=O) groups excluding carboxylic acids is 2. The van der Waals surface area contributed by atoms with Crippen molar-refractivity contribution in [3.8, 4) is 11.5 Å². The molecule has 7 heteroatoms. The third-order valence-electron chi connectivity index (χ3n) is 4.25. The summed E-state index contributed by atoms with van der Waals surface area (Å²) in [6.07, 6.45) is 2.59. The Balaban J connectivity index is 2.02. The van der Waals surface area contributed by atoms with Crippen LogP contribution in [0.4, 0.5) is 0 Å². The minimum atomic E-state index is -0.380. The topological polar surface area (TPSA) is 73.9 Å². The zero-order chi connectivity index (χ0) is 19.1. The van der Waals surface area contributed by atoms with Gasteiger partial charge in [0.1, 0.15) is 11.5 Å².